The lowest BCUT2D eigenvalue weighted by Gasteiger charge is -1.99. The maximum Gasteiger partial charge on any atom is 0.160 e. The number of aromatic nitrogens is 7. The molecule has 39 heavy (non-hydrogen) atoms. The molecule has 0 fully saturated rings. The first-order valence-corrected chi connectivity index (χ1v) is 12.5. The molecule has 7 heteroatoms. The molecule has 7 nitrogen and oxygen atoms in total. The second-order valence-corrected chi connectivity index (χ2v) is 8.59. The van der Waals surface area contributed by atoms with Crippen molar-refractivity contribution in [1.29, 1.82) is 0 Å². The van der Waals surface area contributed by atoms with Gasteiger partial charge in [0.25, 0.3) is 0 Å². The molecule has 0 aliphatic heterocycles. The summed E-state index contributed by atoms with van der Waals surface area (Å²) in [5.41, 5.74) is 6.98. The van der Waals surface area contributed by atoms with Gasteiger partial charge >= 0.3 is 0 Å². The van der Waals surface area contributed by atoms with Gasteiger partial charge in [0, 0.05) is 59.7 Å². The Hall–Kier alpha value is -5.17. The van der Waals surface area contributed by atoms with E-state index in [9.17, 15) is 0 Å². The van der Waals surface area contributed by atoms with Gasteiger partial charge in [0.2, 0.25) is 0 Å². The zero-order chi connectivity index (χ0) is 27.3. The molecule has 0 unspecified atom stereocenters. The van der Waals surface area contributed by atoms with E-state index in [1.807, 2.05) is 112 Å². The van der Waals surface area contributed by atoms with Crippen LogP contribution in [0.25, 0.3) is 34.2 Å². The highest BCUT2D eigenvalue weighted by atomic mass is 14.9. The topological polar surface area (TPSA) is 90.2 Å². The zero-order valence-corrected chi connectivity index (χ0v) is 22.2. The summed E-state index contributed by atoms with van der Waals surface area (Å²) in [6.45, 7) is 5.94. The molecular weight excluding hydrogens is 482 g/mol. The van der Waals surface area contributed by atoms with Crippen molar-refractivity contribution in [2.24, 2.45) is 0 Å². The maximum atomic E-state index is 4.33. The molecule has 0 saturated heterocycles. The predicted molar refractivity (Wildman–Crippen MR) is 154 cm³/mol. The van der Waals surface area contributed by atoms with Gasteiger partial charge in [-0.2, -0.15) is 0 Å². The second kappa shape index (κ2) is 13.9. The fraction of sp³-hybridized carbons (Fsp3) is 0.0938. The van der Waals surface area contributed by atoms with E-state index in [1.54, 1.807) is 31.0 Å². The van der Waals surface area contributed by atoms with Crippen molar-refractivity contribution in [3.8, 4) is 34.2 Å². The first-order chi connectivity index (χ1) is 19.1. The number of hydrogen-bond donors (Lipinski definition) is 0. The Bertz CT molecular complexity index is 1480. The third kappa shape index (κ3) is 8.43. The number of hydrogen-bond acceptors (Lipinski definition) is 7. The molecule has 0 aliphatic carbocycles. The molecule has 6 rings (SSSR count). The van der Waals surface area contributed by atoms with E-state index in [-0.39, 0.29) is 0 Å². The average Bonchev–Trinajstić information content (AvgIpc) is 3.00. The first-order valence-electron chi connectivity index (χ1n) is 12.5. The molecule has 0 aliphatic rings. The summed E-state index contributed by atoms with van der Waals surface area (Å²) in [6.07, 6.45) is 10.7. The Morgan fingerprint density at radius 1 is 0.436 bits per heavy atom. The van der Waals surface area contributed by atoms with Crippen LogP contribution in [0.4, 0.5) is 0 Å². The van der Waals surface area contributed by atoms with Gasteiger partial charge in [0.05, 0.1) is 11.4 Å². The standard InChI is InChI=1S/2C11H10N2.C10H9N3/c1-9-5-6-11(13-8-9)10-4-2-3-7-12-10;1-9-7-8-12-11(13-9)10-5-3-2-4-6-10;1-8-4-6-12-10(13-8)9-3-2-5-11-7-9/h2*2-8H,1H3;2-7H,1H3. The van der Waals surface area contributed by atoms with E-state index < -0.39 is 0 Å². The smallest absolute Gasteiger partial charge is 0.160 e. The quantitative estimate of drug-likeness (QED) is 0.259. The number of benzene rings is 1. The van der Waals surface area contributed by atoms with E-state index in [2.05, 4.69) is 34.9 Å². The number of aryl methyl sites for hydroxylation is 3. The summed E-state index contributed by atoms with van der Waals surface area (Å²) >= 11 is 0. The number of rotatable bonds is 3. The van der Waals surface area contributed by atoms with Crippen LogP contribution in [-0.4, -0.2) is 34.9 Å². The van der Waals surface area contributed by atoms with Gasteiger partial charge in [-0.15, -0.1) is 0 Å². The molecule has 6 aromatic rings. The zero-order valence-electron chi connectivity index (χ0n) is 22.2. The van der Waals surface area contributed by atoms with E-state index in [0.29, 0.717) is 0 Å². The summed E-state index contributed by atoms with van der Waals surface area (Å²) in [4.78, 5) is 29.5. The van der Waals surface area contributed by atoms with E-state index in [4.69, 9.17) is 0 Å². The third-order valence-electron chi connectivity index (χ3n) is 5.38. The SMILES string of the molecule is Cc1ccc(-c2ccccn2)nc1.Cc1ccnc(-c2ccccc2)n1.Cc1ccnc(-c2cccnc2)n1. The van der Waals surface area contributed by atoms with Crippen LogP contribution in [0.15, 0.2) is 122 Å². The van der Waals surface area contributed by atoms with E-state index in [1.165, 1.54) is 5.56 Å². The predicted octanol–water partition coefficient (Wildman–Crippen LogP) is 6.75. The fourth-order valence-electron chi connectivity index (χ4n) is 3.39. The highest BCUT2D eigenvalue weighted by Crippen LogP contribution is 2.14. The van der Waals surface area contributed by atoms with Crippen LogP contribution in [0.5, 0.6) is 0 Å². The number of nitrogens with zero attached hydrogens (tertiary/aromatic N) is 7. The molecule has 5 heterocycles. The van der Waals surface area contributed by atoms with Crippen LogP contribution in [-0.2, 0) is 0 Å². The molecule has 0 spiro atoms. The van der Waals surface area contributed by atoms with Gasteiger partial charge in [0.1, 0.15) is 0 Å². The number of pyridine rings is 3. The van der Waals surface area contributed by atoms with Gasteiger partial charge in [-0.3, -0.25) is 15.0 Å². The second-order valence-electron chi connectivity index (χ2n) is 8.59. The van der Waals surface area contributed by atoms with Crippen LogP contribution >= 0.6 is 0 Å². The Balaban J connectivity index is 0.000000136. The first kappa shape index (κ1) is 26.9. The minimum Gasteiger partial charge on any atom is -0.264 e. The minimum atomic E-state index is 0.730. The van der Waals surface area contributed by atoms with Crippen molar-refractivity contribution in [3.63, 3.8) is 0 Å². The normalized spacial score (nSPS) is 9.92. The van der Waals surface area contributed by atoms with Gasteiger partial charge in [-0.25, -0.2) is 19.9 Å². The van der Waals surface area contributed by atoms with Crippen molar-refractivity contribution in [2.75, 3.05) is 0 Å². The van der Waals surface area contributed by atoms with E-state index in [0.717, 1.165) is 45.6 Å². The lowest BCUT2D eigenvalue weighted by molar-refractivity contribution is 1.10. The van der Waals surface area contributed by atoms with Crippen LogP contribution < -0.4 is 0 Å². The van der Waals surface area contributed by atoms with Crippen molar-refractivity contribution >= 4 is 0 Å². The van der Waals surface area contributed by atoms with Crippen LogP contribution in [0.1, 0.15) is 17.0 Å². The largest absolute Gasteiger partial charge is 0.264 e. The summed E-state index contributed by atoms with van der Waals surface area (Å²) in [5, 5.41) is 0. The molecule has 0 N–H and O–H groups in total. The molecule has 0 atom stereocenters. The van der Waals surface area contributed by atoms with Gasteiger partial charge in [-0.05, 0) is 68.8 Å². The Labute approximate surface area is 228 Å². The summed E-state index contributed by atoms with van der Waals surface area (Å²) in [5.74, 6) is 1.52. The Kier molecular flexibility index (Phi) is 9.61. The lowest BCUT2D eigenvalue weighted by Crippen LogP contribution is -1.90. The van der Waals surface area contributed by atoms with Gasteiger partial charge in [0.15, 0.2) is 11.6 Å². The minimum absolute atomic E-state index is 0.730. The van der Waals surface area contributed by atoms with Crippen LogP contribution in [0.3, 0.4) is 0 Å². The van der Waals surface area contributed by atoms with Crippen molar-refractivity contribution in [2.45, 2.75) is 20.8 Å². The monoisotopic (exact) mass is 511 g/mol. The molecule has 192 valence electrons. The van der Waals surface area contributed by atoms with Gasteiger partial charge < -0.3 is 0 Å². The maximum absolute atomic E-state index is 4.33. The highest BCUT2D eigenvalue weighted by molar-refractivity contribution is 5.55. The summed E-state index contributed by atoms with van der Waals surface area (Å²) < 4.78 is 0. The molecule has 0 bridgehead atoms. The molecule has 0 saturated carbocycles. The van der Waals surface area contributed by atoms with Crippen molar-refractivity contribution < 1.29 is 0 Å². The summed E-state index contributed by atoms with van der Waals surface area (Å²) in [6, 6.07) is 27.4. The highest BCUT2D eigenvalue weighted by Gasteiger charge is 2.00. The Morgan fingerprint density at radius 3 is 1.64 bits per heavy atom. The third-order valence-corrected chi connectivity index (χ3v) is 5.38. The van der Waals surface area contributed by atoms with Crippen LogP contribution in [0, 0.1) is 20.8 Å². The van der Waals surface area contributed by atoms with Gasteiger partial charge in [-0.1, -0.05) is 42.5 Å². The average molecular weight is 512 g/mol. The summed E-state index contributed by atoms with van der Waals surface area (Å²) in [7, 11) is 0. The van der Waals surface area contributed by atoms with Crippen molar-refractivity contribution in [1.82, 2.24) is 34.9 Å². The molecule has 5 aromatic heterocycles. The van der Waals surface area contributed by atoms with Crippen LogP contribution in [0.2, 0.25) is 0 Å². The van der Waals surface area contributed by atoms with E-state index >= 15 is 0 Å². The molecule has 0 amide bonds. The Morgan fingerprint density at radius 2 is 1.08 bits per heavy atom. The lowest BCUT2D eigenvalue weighted by atomic mass is 10.2. The molecular formula is C32H29N7. The molecule has 0 radical (unpaired) electrons. The fourth-order valence-corrected chi connectivity index (χ4v) is 3.39. The van der Waals surface area contributed by atoms with Crippen molar-refractivity contribution in [3.05, 3.63) is 139 Å². The molecule has 1 aromatic carbocycles.